The van der Waals surface area contributed by atoms with E-state index in [1.165, 1.54) is 0 Å². The van der Waals surface area contributed by atoms with Gasteiger partial charge in [-0.1, -0.05) is 19.4 Å². The first-order valence-corrected chi connectivity index (χ1v) is 6.06. The maximum Gasteiger partial charge on any atom is 0.228 e. The number of pyridine rings is 1. The Bertz CT molecular complexity index is 327. The lowest BCUT2D eigenvalue weighted by Gasteiger charge is -2.21. The molecule has 1 heterocycles. The second-order valence-corrected chi connectivity index (χ2v) is 3.96. The van der Waals surface area contributed by atoms with Crippen LogP contribution in [-0.4, -0.2) is 40.6 Å². The third-order valence-electron chi connectivity index (χ3n) is 2.56. The summed E-state index contributed by atoms with van der Waals surface area (Å²) in [7, 11) is 0. The Labute approximate surface area is 102 Å². The number of hydrogen-bond acceptors (Lipinski definition) is 3. The quantitative estimate of drug-likeness (QED) is 0.775. The van der Waals surface area contributed by atoms with Crippen molar-refractivity contribution in [1.29, 1.82) is 0 Å². The van der Waals surface area contributed by atoms with E-state index in [4.69, 9.17) is 5.11 Å². The van der Waals surface area contributed by atoms with Crippen LogP contribution >= 0.6 is 0 Å². The van der Waals surface area contributed by atoms with Crippen molar-refractivity contribution < 1.29 is 9.90 Å². The maximum atomic E-state index is 12.0. The van der Waals surface area contributed by atoms with E-state index in [-0.39, 0.29) is 12.5 Å². The largest absolute Gasteiger partial charge is 0.395 e. The monoisotopic (exact) mass is 236 g/mol. The third kappa shape index (κ3) is 4.95. The number of aromatic nitrogens is 1. The molecule has 0 aliphatic heterocycles. The second kappa shape index (κ2) is 7.79. The van der Waals surface area contributed by atoms with Gasteiger partial charge in [0.15, 0.2) is 0 Å². The van der Waals surface area contributed by atoms with Crippen molar-refractivity contribution in [1.82, 2.24) is 9.88 Å². The fourth-order valence-electron chi connectivity index (χ4n) is 1.60. The van der Waals surface area contributed by atoms with Gasteiger partial charge in [0, 0.05) is 25.0 Å². The van der Waals surface area contributed by atoms with Gasteiger partial charge in [0.1, 0.15) is 0 Å². The van der Waals surface area contributed by atoms with Gasteiger partial charge in [0.25, 0.3) is 0 Å². The number of aliphatic hydroxyl groups excluding tert-OH is 1. The fraction of sp³-hybridized carbons (Fsp3) is 0.538. The molecule has 1 aromatic rings. The lowest BCUT2D eigenvalue weighted by Crippen LogP contribution is -2.35. The average Bonchev–Trinajstić information content (AvgIpc) is 2.35. The Morgan fingerprint density at radius 3 is 2.82 bits per heavy atom. The summed E-state index contributed by atoms with van der Waals surface area (Å²) in [4.78, 5) is 17.8. The molecule has 0 atom stereocenters. The molecule has 1 aromatic heterocycles. The maximum absolute atomic E-state index is 12.0. The lowest BCUT2D eigenvalue weighted by molar-refractivity contribution is -0.131. The van der Waals surface area contributed by atoms with Crippen molar-refractivity contribution in [3.05, 3.63) is 30.1 Å². The zero-order valence-electron chi connectivity index (χ0n) is 10.3. The summed E-state index contributed by atoms with van der Waals surface area (Å²) in [5.41, 5.74) is 0.775. The predicted molar refractivity (Wildman–Crippen MR) is 66.5 cm³/mol. The van der Waals surface area contributed by atoms with Crippen LogP contribution in [0.2, 0.25) is 0 Å². The molecule has 0 saturated carbocycles. The number of hydrogen-bond donors (Lipinski definition) is 1. The molecular formula is C13H20N2O2. The molecule has 94 valence electrons. The summed E-state index contributed by atoms with van der Waals surface area (Å²) in [6.07, 6.45) is 4.00. The smallest absolute Gasteiger partial charge is 0.228 e. The van der Waals surface area contributed by atoms with Crippen molar-refractivity contribution in [3.8, 4) is 0 Å². The number of rotatable bonds is 7. The molecule has 0 spiro atoms. The van der Waals surface area contributed by atoms with E-state index in [2.05, 4.69) is 11.9 Å². The molecule has 1 amide bonds. The fourth-order valence-corrected chi connectivity index (χ4v) is 1.60. The molecule has 17 heavy (non-hydrogen) atoms. The normalized spacial score (nSPS) is 10.2. The number of carbonyl (C=O) groups excluding carboxylic acids is 1. The molecule has 0 aliphatic rings. The Kier molecular flexibility index (Phi) is 6.25. The highest BCUT2D eigenvalue weighted by atomic mass is 16.3. The van der Waals surface area contributed by atoms with Crippen molar-refractivity contribution in [2.45, 2.75) is 26.2 Å². The van der Waals surface area contributed by atoms with E-state index >= 15 is 0 Å². The molecule has 4 heteroatoms. The van der Waals surface area contributed by atoms with Gasteiger partial charge < -0.3 is 10.0 Å². The number of unbranched alkanes of at least 4 members (excludes halogenated alkanes) is 1. The van der Waals surface area contributed by atoms with E-state index in [9.17, 15) is 4.79 Å². The van der Waals surface area contributed by atoms with E-state index in [0.717, 1.165) is 18.5 Å². The zero-order valence-corrected chi connectivity index (χ0v) is 10.3. The van der Waals surface area contributed by atoms with E-state index < -0.39 is 0 Å². The lowest BCUT2D eigenvalue weighted by atomic mass is 10.2. The minimum atomic E-state index is 0.0116. The Hall–Kier alpha value is -1.42. The van der Waals surface area contributed by atoms with Gasteiger partial charge in [-0.25, -0.2) is 0 Å². The van der Waals surface area contributed by atoms with Crippen molar-refractivity contribution in [3.63, 3.8) is 0 Å². The minimum absolute atomic E-state index is 0.0116. The summed E-state index contributed by atoms with van der Waals surface area (Å²) >= 11 is 0. The average molecular weight is 236 g/mol. The van der Waals surface area contributed by atoms with Gasteiger partial charge >= 0.3 is 0 Å². The van der Waals surface area contributed by atoms with Gasteiger partial charge in [0.2, 0.25) is 5.91 Å². The van der Waals surface area contributed by atoms with Gasteiger partial charge in [-0.05, 0) is 18.6 Å². The van der Waals surface area contributed by atoms with Crippen molar-refractivity contribution in [2.75, 3.05) is 19.7 Å². The van der Waals surface area contributed by atoms with Crippen LogP contribution in [0.5, 0.6) is 0 Å². The van der Waals surface area contributed by atoms with Crippen molar-refractivity contribution >= 4 is 5.91 Å². The Morgan fingerprint density at radius 2 is 2.24 bits per heavy atom. The van der Waals surface area contributed by atoms with Crippen LogP contribution in [-0.2, 0) is 11.2 Å². The van der Waals surface area contributed by atoms with Crippen molar-refractivity contribution in [2.24, 2.45) is 0 Å². The Balaban J connectivity index is 2.52. The van der Waals surface area contributed by atoms with E-state index in [1.54, 1.807) is 11.1 Å². The minimum Gasteiger partial charge on any atom is -0.395 e. The highest BCUT2D eigenvalue weighted by Crippen LogP contribution is 2.01. The number of amides is 1. The molecule has 0 saturated heterocycles. The summed E-state index contributed by atoms with van der Waals surface area (Å²) < 4.78 is 0. The number of nitrogens with zero attached hydrogens (tertiary/aromatic N) is 2. The van der Waals surface area contributed by atoms with Crippen LogP contribution in [0.25, 0.3) is 0 Å². The molecule has 0 aromatic carbocycles. The second-order valence-electron chi connectivity index (χ2n) is 3.96. The summed E-state index contributed by atoms with van der Waals surface area (Å²) in [6.45, 7) is 3.21. The molecule has 4 nitrogen and oxygen atoms in total. The predicted octanol–water partition coefficient (Wildman–Crippen LogP) is 1.25. The summed E-state index contributed by atoms with van der Waals surface area (Å²) in [6, 6.07) is 5.55. The molecule has 0 unspecified atom stereocenters. The van der Waals surface area contributed by atoms with Gasteiger partial charge in [-0.2, -0.15) is 0 Å². The van der Waals surface area contributed by atoms with Crippen LogP contribution in [0, 0.1) is 0 Å². The van der Waals surface area contributed by atoms with Gasteiger partial charge in [0.05, 0.1) is 13.0 Å². The SMILES string of the molecule is CCCCN(CCO)C(=O)Cc1ccccn1. The molecule has 0 radical (unpaired) electrons. The zero-order chi connectivity index (χ0) is 12.5. The van der Waals surface area contributed by atoms with Crippen LogP contribution in [0.3, 0.4) is 0 Å². The molecule has 1 N–H and O–H groups in total. The highest BCUT2D eigenvalue weighted by Gasteiger charge is 2.13. The van der Waals surface area contributed by atoms with Gasteiger partial charge in [-0.3, -0.25) is 9.78 Å². The molecule has 1 rings (SSSR count). The van der Waals surface area contributed by atoms with Crippen LogP contribution in [0.15, 0.2) is 24.4 Å². The highest BCUT2D eigenvalue weighted by molar-refractivity contribution is 5.78. The molecule has 0 aliphatic carbocycles. The topological polar surface area (TPSA) is 53.4 Å². The van der Waals surface area contributed by atoms with Crippen LogP contribution in [0.1, 0.15) is 25.5 Å². The first kappa shape index (κ1) is 13.6. The molecule has 0 fully saturated rings. The summed E-state index contributed by atoms with van der Waals surface area (Å²) in [5.74, 6) is 0.0335. The molecule has 0 bridgehead atoms. The third-order valence-corrected chi connectivity index (χ3v) is 2.56. The first-order valence-electron chi connectivity index (χ1n) is 6.06. The van der Waals surface area contributed by atoms with Gasteiger partial charge in [-0.15, -0.1) is 0 Å². The summed E-state index contributed by atoms with van der Waals surface area (Å²) in [5, 5.41) is 8.94. The first-order chi connectivity index (χ1) is 8.27. The molecular weight excluding hydrogens is 216 g/mol. The van der Waals surface area contributed by atoms with Crippen LogP contribution in [0.4, 0.5) is 0 Å². The van der Waals surface area contributed by atoms with E-state index in [1.807, 2.05) is 18.2 Å². The standard InChI is InChI=1S/C13H20N2O2/c1-2-3-8-15(9-10-16)13(17)11-12-6-4-5-7-14-12/h4-7,16H,2-3,8-11H2,1H3. The van der Waals surface area contributed by atoms with Crippen LogP contribution < -0.4 is 0 Å². The number of carbonyl (C=O) groups is 1. The Morgan fingerprint density at radius 1 is 1.41 bits per heavy atom. The number of aliphatic hydroxyl groups is 1. The van der Waals surface area contributed by atoms with E-state index in [0.29, 0.717) is 19.5 Å².